The molecule has 0 radical (unpaired) electrons. The highest BCUT2D eigenvalue weighted by Gasteiger charge is 2.02. The molecule has 3 nitrogen and oxygen atoms in total. The second-order valence-electron chi connectivity index (χ2n) is 3.78. The number of hydrogen-bond donors (Lipinski definition) is 1. The van der Waals surface area contributed by atoms with E-state index in [-0.39, 0.29) is 0 Å². The van der Waals surface area contributed by atoms with Crippen molar-refractivity contribution in [2.45, 2.75) is 32.9 Å². The van der Waals surface area contributed by atoms with E-state index in [4.69, 9.17) is 0 Å². The number of rotatable bonds is 8. The van der Waals surface area contributed by atoms with Gasteiger partial charge in [0.15, 0.2) is 0 Å². The SMILES string of the molecule is C=Cn1cc(CNC(C)CCSCC)cn1. The smallest absolute Gasteiger partial charge is 0.0538 e. The number of aromatic nitrogens is 2. The van der Waals surface area contributed by atoms with Crippen LogP contribution in [0.4, 0.5) is 0 Å². The van der Waals surface area contributed by atoms with Crippen LogP contribution in [0.3, 0.4) is 0 Å². The van der Waals surface area contributed by atoms with E-state index in [1.54, 1.807) is 10.9 Å². The number of thioether (sulfide) groups is 1. The van der Waals surface area contributed by atoms with Crippen molar-refractivity contribution in [2.75, 3.05) is 11.5 Å². The van der Waals surface area contributed by atoms with Gasteiger partial charge >= 0.3 is 0 Å². The average Bonchev–Trinajstić information content (AvgIpc) is 2.74. The molecule has 0 spiro atoms. The minimum absolute atomic E-state index is 0.561. The first kappa shape index (κ1) is 13.3. The van der Waals surface area contributed by atoms with Crippen molar-refractivity contribution in [3.05, 3.63) is 24.5 Å². The summed E-state index contributed by atoms with van der Waals surface area (Å²) in [5.41, 5.74) is 1.20. The largest absolute Gasteiger partial charge is 0.310 e. The van der Waals surface area contributed by atoms with Gasteiger partial charge in [-0.2, -0.15) is 16.9 Å². The monoisotopic (exact) mass is 239 g/mol. The molecule has 0 bridgehead atoms. The van der Waals surface area contributed by atoms with Crippen LogP contribution in [0.5, 0.6) is 0 Å². The molecule has 1 unspecified atom stereocenters. The number of nitrogens with one attached hydrogen (secondary N) is 1. The Labute approximate surface area is 102 Å². The Morgan fingerprint density at radius 1 is 1.69 bits per heavy atom. The van der Waals surface area contributed by atoms with Crippen LogP contribution < -0.4 is 5.32 Å². The molecule has 0 saturated carbocycles. The summed E-state index contributed by atoms with van der Waals surface area (Å²) in [4.78, 5) is 0. The Balaban J connectivity index is 2.20. The van der Waals surface area contributed by atoms with Crippen LogP contribution in [0.15, 0.2) is 19.0 Å². The minimum atomic E-state index is 0.561. The zero-order chi connectivity index (χ0) is 11.8. The highest BCUT2D eigenvalue weighted by molar-refractivity contribution is 7.99. The number of hydrogen-bond acceptors (Lipinski definition) is 3. The molecule has 0 saturated heterocycles. The maximum atomic E-state index is 4.14. The van der Waals surface area contributed by atoms with Gasteiger partial charge in [-0.05, 0) is 24.9 Å². The van der Waals surface area contributed by atoms with Crippen molar-refractivity contribution in [3.8, 4) is 0 Å². The van der Waals surface area contributed by atoms with Crippen LogP contribution in [-0.2, 0) is 6.54 Å². The van der Waals surface area contributed by atoms with Crippen LogP contribution in [0.2, 0.25) is 0 Å². The Morgan fingerprint density at radius 2 is 2.50 bits per heavy atom. The van der Waals surface area contributed by atoms with Gasteiger partial charge in [0, 0.05) is 30.5 Å². The molecule has 4 heteroatoms. The van der Waals surface area contributed by atoms with Gasteiger partial charge in [0.05, 0.1) is 6.20 Å². The fourth-order valence-corrected chi connectivity index (χ4v) is 2.18. The molecular weight excluding hydrogens is 218 g/mol. The molecule has 1 rings (SSSR count). The van der Waals surface area contributed by atoms with E-state index in [2.05, 4.69) is 30.8 Å². The molecule has 90 valence electrons. The van der Waals surface area contributed by atoms with E-state index >= 15 is 0 Å². The van der Waals surface area contributed by atoms with E-state index in [9.17, 15) is 0 Å². The third kappa shape index (κ3) is 4.86. The fraction of sp³-hybridized carbons (Fsp3) is 0.583. The third-order valence-electron chi connectivity index (χ3n) is 2.40. The van der Waals surface area contributed by atoms with Crippen molar-refractivity contribution in [2.24, 2.45) is 0 Å². The molecule has 0 amide bonds. The predicted molar refractivity (Wildman–Crippen MR) is 72.5 cm³/mol. The van der Waals surface area contributed by atoms with Crippen molar-refractivity contribution in [3.63, 3.8) is 0 Å². The van der Waals surface area contributed by atoms with Crippen LogP contribution in [0, 0.1) is 0 Å². The second-order valence-corrected chi connectivity index (χ2v) is 5.17. The lowest BCUT2D eigenvalue weighted by Gasteiger charge is -2.12. The molecule has 16 heavy (non-hydrogen) atoms. The van der Waals surface area contributed by atoms with Gasteiger partial charge in [0.25, 0.3) is 0 Å². The van der Waals surface area contributed by atoms with Gasteiger partial charge in [-0.25, -0.2) is 4.68 Å². The van der Waals surface area contributed by atoms with E-state index < -0.39 is 0 Å². The first-order chi connectivity index (χ1) is 7.76. The normalized spacial score (nSPS) is 12.6. The molecule has 0 fully saturated rings. The third-order valence-corrected chi connectivity index (χ3v) is 3.33. The van der Waals surface area contributed by atoms with Crippen LogP contribution in [0.1, 0.15) is 25.8 Å². The summed E-state index contributed by atoms with van der Waals surface area (Å²) in [6.07, 6.45) is 6.79. The van der Waals surface area contributed by atoms with Gasteiger partial charge in [-0.15, -0.1) is 0 Å². The zero-order valence-electron chi connectivity index (χ0n) is 10.1. The Hall–Kier alpha value is -0.740. The quantitative estimate of drug-likeness (QED) is 0.707. The molecule has 1 aromatic rings. The van der Waals surface area contributed by atoms with E-state index in [1.165, 1.54) is 23.5 Å². The highest BCUT2D eigenvalue weighted by atomic mass is 32.2. The molecule has 1 heterocycles. The summed E-state index contributed by atoms with van der Waals surface area (Å²) < 4.78 is 1.73. The fourth-order valence-electron chi connectivity index (χ4n) is 1.37. The first-order valence-electron chi connectivity index (χ1n) is 5.73. The molecule has 1 N–H and O–H groups in total. The van der Waals surface area contributed by atoms with Crippen molar-refractivity contribution < 1.29 is 0 Å². The van der Waals surface area contributed by atoms with Gasteiger partial charge in [-0.3, -0.25) is 0 Å². The van der Waals surface area contributed by atoms with Crippen molar-refractivity contribution >= 4 is 18.0 Å². The summed E-state index contributed by atoms with van der Waals surface area (Å²) in [5, 5.41) is 7.64. The van der Waals surface area contributed by atoms with Gasteiger partial charge in [-0.1, -0.05) is 13.5 Å². The van der Waals surface area contributed by atoms with Gasteiger partial charge in [0.1, 0.15) is 0 Å². The molecular formula is C12H21N3S. The predicted octanol–water partition coefficient (Wildman–Crippen LogP) is 2.60. The van der Waals surface area contributed by atoms with Crippen molar-refractivity contribution in [1.82, 2.24) is 15.1 Å². The minimum Gasteiger partial charge on any atom is -0.310 e. The van der Waals surface area contributed by atoms with Gasteiger partial charge < -0.3 is 5.32 Å². The maximum Gasteiger partial charge on any atom is 0.0538 e. The summed E-state index contributed by atoms with van der Waals surface area (Å²) >= 11 is 2.00. The second kappa shape index (κ2) is 7.52. The van der Waals surface area contributed by atoms with Crippen LogP contribution in [-0.4, -0.2) is 27.3 Å². The van der Waals surface area contributed by atoms with Crippen molar-refractivity contribution in [1.29, 1.82) is 0 Å². The maximum absolute atomic E-state index is 4.14. The van der Waals surface area contributed by atoms with E-state index in [0.29, 0.717) is 6.04 Å². The molecule has 0 aliphatic heterocycles. The standard InChI is InChI=1S/C12H21N3S/c1-4-15-10-12(9-14-15)8-13-11(3)6-7-16-5-2/h4,9-11,13H,1,5-8H2,2-3H3. The highest BCUT2D eigenvalue weighted by Crippen LogP contribution is 2.05. The Bertz CT molecular complexity index is 309. The van der Waals surface area contributed by atoms with E-state index in [0.717, 1.165) is 6.54 Å². The molecule has 1 atom stereocenters. The zero-order valence-corrected chi connectivity index (χ0v) is 11.0. The Kier molecular flexibility index (Phi) is 6.26. The van der Waals surface area contributed by atoms with Crippen LogP contribution >= 0.6 is 11.8 Å². The van der Waals surface area contributed by atoms with E-state index in [1.807, 2.05) is 24.2 Å². The van der Waals surface area contributed by atoms with Gasteiger partial charge in [0.2, 0.25) is 0 Å². The molecule has 0 aliphatic rings. The van der Waals surface area contributed by atoms with Crippen LogP contribution in [0.25, 0.3) is 6.20 Å². The molecule has 0 aromatic carbocycles. The topological polar surface area (TPSA) is 29.9 Å². The Morgan fingerprint density at radius 3 is 3.12 bits per heavy atom. The summed E-state index contributed by atoms with van der Waals surface area (Å²) in [6, 6.07) is 0.561. The summed E-state index contributed by atoms with van der Waals surface area (Å²) in [5.74, 6) is 2.44. The lowest BCUT2D eigenvalue weighted by atomic mass is 10.2. The lowest BCUT2D eigenvalue weighted by Crippen LogP contribution is -2.25. The molecule has 1 aromatic heterocycles. The summed E-state index contributed by atoms with van der Waals surface area (Å²) in [6.45, 7) is 8.98. The molecule has 0 aliphatic carbocycles. The first-order valence-corrected chi connectivity index (χ1v) is 6.88. The number of nitrogens with zero attached hydrogens (tertiary/aromatic N) is 2. The lowest BCUT2D eigenvalue weighted by molar-refractivity contribution is 0.537. The summed E-state index contributed by atoms with van der Waals surface area (Å²) in [7, 11) is 0. The average molecular weight is 239 g/mol.